The second kappa shape index (κ2) is 3.91. The van der Waals surface area contributed by atoms with Crippen LogP contribution in [0.4, 0.5) is 0 Å². The number of ketones is 1. The average Bonchev–Trinajstić information content (AvgIpc) is 2.07. The summed E-state index contributed by atoms with van der Waals surface area (Å²) in [4.78, 5) is 15.8. The molecule has 0 atom stereocenters. The molecule has 0 saturated heterocycles. The first kappa shape index (κ1) is 10.9. The second-order valence-corrected chi connectivity index (χ2v) is 4.65. The Balaban J connectivity index is 2.80. The van der Waals surface area contributed by atoms with Crippen molar-refractivity contribution >= 4 is 5.78 Å². The quantitative estimate of drug-likeness (QED) is 0.719. The van der Waals surface area contributed by atoms with Gasteiger partial charge in [-0.05, 0) is 24.1 Å². The van der Waals surface area contributed by atoms with E-state index in [4.69, 9.17) is 0 Å². The summed E-state index contributed by atoms with van der Waals surface area (Å²) in [7, 11) is 0. The molecule has 0 aliphatic carbocycles. The van der Waals surface area contributed by atoms with Crippen LogP contribution in [0.3, 0.4) is 0 Å². The fourth-order valence-corrected chi connectivity index (χ4v) is 1.12. The fourth-order valence-electron chi connectivity index (χ4n) is 1.12. The maximum absolute atomic E-state index is 11.8. The number of rotatable bonds is 2. The first-order valence-corrected chi connectivity index (χ1v) is 4.84. The summed E-state index contributed by atoms with van der Waals surface area (Å²) in [5, 5.41) is 0. The summed E-state index contributed by atoms with van der Waals surface area (Å²) in [6.45, 7) is 7.84. The van der Waals surface area contributed by atoms with Crippen molar-refractivity contribution < 1.29 is 4.79 Å². The number of pyridine rings is 1. The number of carbonyl (C=O) groups is 1. The maximum atomic E-state index is 11.8. The van der Waals surface area contributed by atoms with Crippen LogP contribution in [0, 0.1) is 12.3 Å². The third kappa shape index (κ3) is 2.66. The van der Waals surface area contributed by atoms with Crippen LogP contribution in [-0.4, -0.2) is 10.8 Å². The standard InChI is InChI=1S/C12H17NO/c1-9-5-6-13-8-10(9)7-11(14)12(2,3)4/h5-6,8H,7H2,1-4H3. The summed E-state index contributed by atoms with van der Waals surface area (Å²) in [5.74, 6) is 0.258. The Morgan fingerprint density at radius 2 is 2.07 bits per heavy atom. The molecule has 0 N–H and O–H groups in total. The summed E-state index contributed by atoms with van der Waals surface area (Å²) in [6, 6.07) is 1.94. The highest BCUT2D eigenvalue weighted by Gasteiger charge is 2.21. The average molecular weight is 191 g/mol. The van der Waals surface area contributed by atoms with Gasteiger partial charge in [-0.15, -0.1) is 0 Å². The van der Waals surface area contributed by atoms with E-state index in [1.165, 1.54) is 0 Å². The van der Waals surface area contributed by atoms with Crippen LogP contribution in [0.5, 0.6) is 0 Å². The van der Waals surface area contributed by atoms with E-state index in [9.17, 15) is 4.79 Å². The molecule has 1 aromatic rings. The Kier molecular flexibility index (Phi) is 3.04. The van der Waals surface area contributed by atoms with Gasteiger partial charge in [-0.1, -0.05) is 20.8 Å². The van der Waals surface area contributed by atoms with E-state index in [0.29, 0.717) is 6.42 Å². The third-order valence-electron chi connectivity index (χ3n) is 2.34. The first-order valence-electron chi connectivity index (χ1n) is 4.84. The summed E-state index contributed by atoms with van der Waals surface area (Å²) < 4.78 is 0. The lowest BCUT2D eigenvalue weighted by molar-refractivity contribution is -0.125. The van der Waals surface area contributed by atoms with Gasteiger partial charge in [0.25, 0.3) is 0 Å². The van der Waals surface area contributed by atoms with Gasteiger partial charge in [-0.3, -0.25) is 9.78 Å². The predicted molar refractivity (Wildman–Crippen MR) is 57.1 cm³/mol. The molecule has 0 bridgehead atoms. The summed E-state index contributed by atoms with van der Waals surface area (Å²) >= 11 is 0. The molecule has 0 unspecified atom stereocenters. The molecular weight excluding hydrogens is 174 g/mol. The van der Waals surface area contributed by atoms with Gasteiger partial charge in [-0.25, -0.2) is 0 Å². The van der Waals surface area contributed by atoms with Crippen molar-refractivity contribution in [2.24, 2.45) is 5.41 Å². The van der Waals surface area contributed by atoms with Crippen LogP contribution in [-0.2, 0) is 11.2 Å². The molecule has 0 amide bonds. The molecular formula is C12H17NO. The molecule has 0 saturated carbocycles. The summed E-state index contributed by atoms with van der Waals surface area (Å²) in [5.41, 5.74) is 1.91. The number of aryl methyl sites for hydroxylation is 1. The van der Waals surface area contributed by atoms with Crippen LogP contribution in [0.25, 0.3) is 0 Å². The number of aromatic nitrogens is 1. The Morgan fingerprint density at radius 1 is 1.43 bits per heavy atom. The van der Waals surface area contributed by atoms with Crippen molar-refractivity contribution in [3.8, 4) is 0 Å². The van der Waals surface area contributed by atoms with Gasteiger partial charge in [0, 0.05) is 24.2 Å². The topological polar surface area (TPSA) is 30.0 Å². The zero-order valence-corrected chi connectivity index (χ0v) is 9.29. The lowest BCUT2D eigenvalue weighted by Gasteiger charge is -2.16. The molecule has 0 radical (unpaired) electrons. The van der Waals surface area contributed by atoms with Gasteiger partial charge in [0.15, 0.2) is 0 Å². The van der Waals surface area contributed by atoms with Crippen molar-refractivity contribution in [2.45, 2.75) is 34.1 Å². The van der Waals surface area contributed by atoms with E-state index < -0.39 is 0 Å². The van der Waals surface area contributed by atoms with Crippen molar-refractivity contribution in [3.05, 3.63) is 29.6 Å². The normalized spacial score (nSPS) is 11.4. The van der Waals surface area contributed by atoms with Crippen LogP contribution < -0.4 is 0 Å². The number of hydrogen-bond donors (Lipinski definition) is 0. The van der Waals surface area contributed by atoms with Crippen molar-refractivity contribution in [3.63, 3.8) is 0 Å². The van der Waals surface area contributed by atoms with E-state index in [1.54, 1.807) is 12.4 Å². The Bertz CT molecular complexity index is 336. The predicted octanol–water partition coefficient (Wildman–Crippen LogP) is 2.55. The van der Waals surface area contributed by atoms with Crippen molar-refractivity contribution in [1.29, 1.82) is 0 Å². The molecule has 1 rings (SSSR count). The molecule has 0 fully saturated rings. The SMILES string of the molecule is Cc1ccncc1CC(=O)C(C)(C)C. The van der Waals surface area contributed by atoms with Gasteiger partial charge < -0.3 is 0 Å². The number of hydrogen-bond acceptors (Lipinski definition) is 2. The smallest absolute Gasteiger partial charge is 0.142 e. The minimum Gasteiger partial charge on any atom is -0.299 e. The minimum atomic E-state index is -0.262. The number of Topliss-reactive ketones (excluding diaryl/α,β-unsaturated/α-hetero) is 1. The van der Waals surface area contributed by atoms with Crippen molar-refractivity contribution in [2.75, 3.05) is 0 Å². The molecule has 76 valence electrons. The van der Waals surface area contributed by atoms with E-state index in [0.717, 1.165) is 11.1 Å². The molecule has 1 aromatic heterocycles. The molecule has 0 aliphatic heterocycles. The molecule has 0 spiro atoms. The van der Waals surface area contributed by atoms with E-state index >= 15 is 0 Å². The van der Waals surface area contributed by atoms with Crippen LogP contribution in [0.2, 0.25) is 0 Å². The zero-order valence-electron chi connectivity index (χ0n) is 9.29. The van der Waals surface area contributed by atoms with Crippen molar-refractivity contribution in [1.82, 2.24) is 4.98 Å². The Hall–Kier alpha value is -1.18. The molecule has 14 heavy (non-hydrogen) atoms. The molecule has 1 heterocycles. The van der Waals surface area contributed by atoms with Gasteiger partial charge in [-0.2, -0.15) is 0 Å². The Labute approximate surface area is 85.4 Å². The number of nitrogens with zero attached hydrogens (tertiary/aromatic N) is 1. The Morgan fingerprint density at radius 3 is 2.57 bits per heavy atom. The zero-order chi connectivity index (χ0) is 10.8. The minimum absolute atomic E-state index is 0.258. The second-order valence-electron chi connectivity index (χ2n) is 4.65. The first-order chi connectivity index (χ1) is 6.41. The van der Waals surface area contributed by atoms with Gasteiger partial charge in [0.2, 0.25) is 0 Å². The molecule has 2 nitrogen and oxygen atoms in total. The van der Waals surface area contributed by atoms with Gasteiger partial charge in [0.1, 0.15) is 5.78 Å². The molecule has 0 aliphatic rings. The highest BCUT2D eigenvalue weighted by atomic mass is 16.1. The van der Waals surface area contributed by atoms with Gasteiger partial charge >= 0.3 is 0 Å². The molecule has 0 aromatic carbocycles. The van der Waals surface area contributed by atoms with E-state index in [1.807, 2.05) is 33.8 Å². The highest BCUT2D eigenvalue weighted by molar-refractivity contribution is 5.85. The van der Waals surface area contributed by atoms with Crippen LogP contribution in [0.1, 0.15) is 31.9 Å². The van der Waals surface area contributed by atoms with E-state index in [-0.39, 0.29) is 11.2 Å². The maximum Gasteiger partial charge on any atom is 0.142 e. The highest BCUT2D eigenvalue weighted by Crippen LogP contribution is 2.18. The summed E-state index contributed by atoms with van der Waals surface area (Å²) in [6.07, 6.45) is 4.02. The third-order valence-corrected chi connectivity index (χ3v) is 2.34. The monoisotopic (exact) mass is 191 g/mol. The fraction of sp³-hybridized carbons (Fsp3) is 0.500. The van der Waals surface area contributed by atoms with E-state index in [2.05, 4.69) is 4.98 Å². The largest absolute Gasteiger partial charge is 0.299 e. The van der Waals surface area contributed by atoms with Crippen LogP contribution >= 0.6 is 0 Å². The van der Waals surface area contributed by atoms with Gasteiger partial charge in [0.05, 0.1) is 0 Å². The number of carbonyl (C=O) groups excluding carboxylic acids is 1. The lowest BCUT2D eigenvalue weighted by atomic mass is 9.87. The molecule has 2 heteroatoms. The lowest BCUT2D eigenvalue weighted by Crippen LogP contribution is -2.22. The van der Waals surface area contributed by atoms with Crippen LogP contribution in [0.15, 0.2) is 18.5 Å².